The van der Waals surface area contributed by atoms with Gasteiger partial charge in [0.25, 0.3) is 0 Å². The van der Waals surface area contributed by atoms with Crippen LogP contribution in [0.4, 0.5) is 5.82 Å². The molecule has 0 spiro atoms. The van der Waals surface area contributed by atoms with Gasteiger partial charge in [0.2, 0.25) is 0 Å². The SMILES string of the molecule is Cc1nn(C)c(N2CCOCC2)c1CNCC1CN(C2CC2)CCO1. The van der Waals surface area contributed by atoms with E-state index < -0.39 is 0 Å². The van der Waals surface area contributed by atoms with Crippen molar-refractivity contribution in [1.82, 2.24) is 20.0 Å². The molecular formula is C18H31N5O2. The van der Waals surface area contributed by atoms with E-state index in [2.05, 4.69) is 27.1 Å². The Morgan fingerprint density at radius 2 is 1.96 bits per heavy atom. The number of hydrogen-bond acceptors (Lipinski definition) is 6. The van der Waals surface area contributed by atoms with Crippen LogP contribution in [0.25, 0.3) is 0 Å². The first-order chi connectivity index (χ1) is 12.2. The summed E-state index contributed by atoms with van der Waals surface area (Å²) in [6.07, 6.45) is 3.05. The zero-order chi connectivity index (χ0) is 17.2. The summed E-state index contributed by atoms with van der Waals surface area (Å²) in [4.78, 5) is 5.00. The molecule has 1 aromatic rings. The fourth-order valence-corrected chi connectivity index (χ4v) is 4.06. The molecule has 0 radical (unpaired) electrons. The predicted molar refractivity (Wildman–Crippen MR) is 97.0 cm³/mol. The normalized spacial score (nSPS) is 25.5. The molecule has 140 valence electrons. The van der Waals surface area contributed by atoms with Crippen LogP contribution in [0.2, 0.25) is 0 Å². The first kappa shape index (κ1) is 17.3. The standard InChI is InChI=1S/C18H31N5O2/c1-14-17(18(21(2)20-14)22-5-8-24-9-6-22)12-19-11-16-13-23(7-10-25-16)15-3-4-15/h15-16,19H,3-13H2,1-2H3. The van der Waals surface area contributed by atoms with E-state index in [0.29, 0.717) is 6.10 Å². The number of morpholine rings is 2. The molecule has 7 heteroatoms. The van der Waals surface area contributed by atoms with E-state index in [1.165, 1.54) is 24.2 Å². The zero-order valence-corrected chi connectivity index (χ0v) is 15.5. The summed E-state index contributed by atoms with van der Waals surface area (Å²) in [5, 5.41) is 8.27. The van der Waals surface area contributed by atoms with Crippen LogP contribution in [0.1, 0.15) is 24.1 Å². The number of hydrogen-bond donors (Lipinski definition) is 1. The molecule has 1 aromatic heterocycles. The molecule has 0 aromatic carbocycles. The fraction of sp³-hybridized carbons (Fsp3) is 0.833. The highest BCUT2D eigenvalue weighted by atomic mass is 16.5. The van der Waals surface area contributed by atoms with Gasteiger partial charge in [0.1, 0.15) is 5.82 Å². The van der Waals surface area contributed by atoms with Crippen LogP contribution < -0.4 is 10.2 Å². The van der Waals surface area contributed by atoms with E-state index >= 15 is 0 Å². The van der Waals surface area contributed by atoms with Gasteiger partial charge in [-0.2, -0.15) is 5.10 Å². The van der Waals surface area contributed by atoms with E-state index in [9.17, 15) is 0 Å². The van der Waals surface area contributed by atoms with Crippen LogP contribution >= 0.6 is 0 Å². The van der Waals surface area contributed by atoms with E-state index in [0.717, 1.165) is 70.8 Å². The number of nitrogens with zero attached hydrogens (tertiary/aromatic N) is 4. The van der Waals surface area contributed by atoms with E-state index in [1.54, 1.807) is 0 Å². The second-order valence-electron chi connectivity index (χ2n) is 7.46. The third-order valence-corrected chi connectivity index (χ3v) is 5.53. The van der Waals surface area contributed by atoms with Crippen molar-refractivity contribution in [2.24, 2.45) is 7.05 Å². The van der Waals surface area contributed by atoms with Gasteiger partial charge in [0.15, 0.2) is 0 Å². The van der Waals surface area contributed by atoms with Gasteiger partial charge < -0.3 is 19.7 Å². The maximum absolute atomic E-state index is 5.95. The van der Waals surface area contributed by atoms with Crippen molar-refractivity contribution in [3.8, 4) is 0 Å². The number of nitrogens with one attached hydrogen (secondary N) is 1. The molecule has 1 N–H and O–H groups in total. The third-order valence-electron chi connectivity index (χ3n) is 5.53. The van der Waals surface area contributed by atoms with Gasteiger partial charge >= 0.3 is 0 Å². The minimum atomic E-state index is 0.304. The summed E-state index contributed by atoms with van der Waals surface area (Å²) in [5.41, 5.74) is 2.42. The number of ether oxygens (including phenoxy) is 2. The average Bonchev–Trinajstić information content (AvgIpc) is 3.43. The molecule has 0 bridgehead atoms. The maximum Gasteiger partial charge on any atom is 0.131 e. The first-order valence-corrected chi connectivity index (χ1v) is 9.64. The average molecular weight is 349 g/mol. The topological polar surface area (TPSA) is 54.8 Å². The lowest BCUT2D eigenvalue weighted by atomic mass is 10.2. The Labute approximate surface area is 150 Å². The Hall–Kier alpha value is -1.15. The molecule has 7 nitrogen and oxygen atoms in total. The van der Waals surface area contributed by atoms with Crippen molar-refractivity contribution in [1.29, 1.82) is 0 Å². The van der Waals surface area contributed by atoms with Crippen molar-refractivity contribution >= 4 is 5.82 Å². The van der Waals surface area contributed by atoms with Gasteiger partial charge in [-0.3, -0.25) is 9.58 Å². The Morgan fingerprint density at radius 3 is 2.72 bits per heavy atom. The smallest absolute Gasteiger partial charge is 0.131 e. The minimum absolute atomic E-state index is 0.304. The van der Waals surface area contributed by atoms with E-state index in [4.69, 9.17) is 9.47 Å². The van der Waals surface area contributed by atoms with Crippen molar-refractivity contribution < 1.29 is 9.47 Å². The molecule has 0 amide bonds. The van der Waals surface area contributed by atoms with Gasteiger partial charge in [0.05, 0.1) is 31.6 Å². The number of anilines is 1. The summed E-state index contributed by atoms with van der Waals surface area (Å²) in [6.45, 7) is 10.4. The number of rotatable bonds is 6. The van der Waals surface area contributed by atoms with E-state index in [1.807, 2.05) is 11.7 Å². The van der Waals surface area contributed by atoms with Crippen LogP contribution in [0.3, 0.4) is 0 Å². The van der Waals surface area contributed by atoms with Crippen molar-refractivity contribution in [3.05, 3.63) is 11.3 Å². The van der Waals surface area contributed by atoms with Crippen molar-refractivity contribution in [2.75, 3.05) is 57.4 Å². The lowest BCUT2D eigenvalue weighted by molar-refractivity contribution is -0.0301. The van der Waals surface area contributed by atoms with Crippen molar-refractivity contribution in [2.45, 2.75) is 38.5 Å². The number of aryl methyl sites for hydroxylation is 2. The molecule has 1 unspecified atom stereocenters. The van der Waals surface area contributed by atoms with Gasteiger partial charge in [-0.15, -0.1) is 0 Å². The third kappa shape index (κ3) is 4.00. The summed E-state index contributed by atoms with van der Waals surface area (Å²) >= 11 is 0. The highest BCUT2D eigenvalue weighted by Gasteiger charge is 2.32. The second-order valence-corrected chi connectivity index (χ2v) is 7.46. The van der Waals surface area contributed by atoms with Crippen LogP contribution in [0, 0.1) is 6.92 Å². The molecule has 25 heavy (non-hydrogen) atoms. The molecule has 1 aliphatic carbocycles. The molecule has 3 heterocycles. The Bertz CT molecular complexity index is 580. The van der Waals surface area contributed by atoms with Crippen molar-refractivity contribution in [3.63, 3.8) is 0 Å². The lowest BCUT2D eigenvalue weighted by Crippen LogP contribution is -2.47. The van der Waals surface area contributed by atoms with Crippen LogP contribution in [-0.2, 0) is 23.1 Å². The Kier molecular flexibility index (Phi) is 5.26. The molecule has 3 aliphatic rings. The summed E-state index contributed by atoms with van der Waals surface area (Å²) < 4.78 is 13.5. The number of aromatic nitrogens is 2. The highest BCUT2D eigenvalue weighted by molar-refractivity contribution is 5.50. The lowest BCUT2D eigenvalue weighted by Gasteiger charge is -2.33. The van der Waals surface area contributed by atoms with Gasteiger partial charge in [-0.1, -0.05) is 0 Å². The van der Waals surface area contributed by atoms with Gasteiger partial charge in [-0.25, -0.2) is 0 Å². The second kappa shape index (κ2) is 7.61. The van der Waals surface area contributed by atoms with Gasteiger partial charge in [-0.05, 0) is 19.8 Å². The minimum Gasteiger partial charge on any atom is -0.378 e. The molecule has 3 fully saturated rings. The van der Waals surface area contributed by atoms with Gasteiger partial charge in [0, 0.05) is 57.9 Å². The molecule has 2 aliphatic heterocycles. The Morgan fingerprint density at radius 1 is 1.16 bits per heavy atom. The monoisotopic (exact) mass is 349 g/mol. The molecule has 1 atom stereocenters. The molecule has 1 saturated carbocycles. The highest BCUT2D eigenvalue weighted by Crippen LogP contribution is 2.28. The summed E-state index contributed by atoms with van der Waals surface area (Å²) in [5.74, 6) is 1.23. The molecular weight excluding hydrogens is 318 g/mol. The molecule has 2 saturated heterocycles. The zero-order valence-electron chi connectivity index (χ0n) is 15.5. The van der Waals surface area contributed by atoms with Crippen LogP contribution in [0.15, 0.2) is 0 Å². The van der Waals surface area contributed by atoms with Crippen LogP contribution in [-0.4, -0.2) is 79.4 Å². The quantitative estimate of drug-likeness (QED) is 0.808. The summed E-state index contributed by atoms with van der Waals surface area (Å²) in [6, 6.07) is 0.833. The largest absolute Gasteiger partial charge is 0.378 e. The maximum atomic E-state index is 5.95. The fourth-order valence-electron chi connectivity index (χ4n) is 4.06. The summed E-state index contributed by atoms with van der Waals surface area (Å²) in [7, 11) is 2.04. The Balaban J connectivity index is 1.34. The van der Waals surface area contributed by atoms with E-state index in [-0.39, 0.29) is 0 Å². The molecule has 4 rings (SSSR count). The van der Waals surface area contributed by atoms with Crippen LogP contribution in [0.5, 0.6) is 0 Å². The predicted octanol–water partition coefficient (Wildman–Crippen LogP) is 0.518. The first-order valence-electron chi connectivity index (χ1n) is 9.64.